The third-order valence-corrected chi connectivity index (χ3v) is 7.47. The summed E-state index contributed by atoms with van der Waals surface area (Å²) in [6.45, 7) is 4.99. The van der Waals surface area contributed by atoms with Gasteiger partial charge in [-0.05, 0) is 61.7 Å². The van der Waals surface area contributed by atoms with Crippen LogP contribution < -0.4 is 5.48 Å². The van der Waals surface area contributed by atoms with Crippen molar-refractivity contribution in [3.63, 3.8) is 0 Å². The molecular weight excluding hydrogens is 260 g/mol. The van der Waals surface area contributed by atoms with Gasteiger partial charge in [-0.3, -0.25) is 10.7 Å². The summed E-state index contributed by atoms with van der Waals surface area (Å²) in [7, 11) is 0. The standard InChI is InChI=1S/C18H28N2O/c1-17-9-3-4-13(17)12-5-6-15-18(2,14(12)7-10-17)11-8-16(19-15)20-21/h6,12-14,21H,3-5,7-11H2,1-2H3,(H,19,20)/t12-,13-,14-,17-,18+/m0/s1. The van der Waals surface area contributed by atoms with Gasteiger partial charge in [0.1, 0.15) is 5.84 Å². The van der Waals surface area contributed by atoms with Gasteiger partial charge in [-0.25, -0.2) is 4.99 Å². The minimum Gasteiger partial charge on any atom is -0.290 e. The van der Waals surface area contributed by atoms with E-state index < -0.39 is 0 Å². The molecule has 0 bridgehead atoms. The molecule has 2 N–H and O–H groups in total. The average molecular weight is 288 g/mol. The molecule has 3 nitrogen and oxygen atoms in total. The second-order valence-electron chi connectivity index (χ2n) is 8.37. The summed E-state index contributed by atoms with van der Waals surface area (Å²) in [5.41, 5.74) is 4.39. The summed E-state index contributed by atoms with van der Waals surface area (Å²) in [5.74, 6) is 3.36. The highest BCUT2D eigenvalue weighted by Gasteiger charge is 2.55. The Hall–Kier alpha value is -0.830. The van der Waals surface area contributed by atoms with Crippen LogP contribution in [-0.4, -0.2) is 11.0 Å². The first kappa shape index (κ1) is 13.8. The van der Waals surface area contributed by atoms with E-state index in [0.29, 0.717) is 5.41 Å². The Morgan fingerprint density at radius 1 is 1.19 bits per heavy atom. The smallest absolute Gasteiger partial charge is 0.125 e. The summed E-state index contributed by atoms with van der Waals surface area (Å²) < 4.78 is 0. The Morgan fingerprint density at radius 2 is 2.05 bits per heavy atom. The van der Waals surface area contributed by atoms with Crippen molar-refractivity contribution >= 4 is 5.84 Å². The van der Waals surface area contributed by atoms with Crippen molar-refractivity contribution < 1.29 is 5.21 Å². The zero-order valence-corrected chi connectivity index (χ0v) is 13.4. The topological polar surface area (TPSA) is 44.6 Å². The second-order valence-corrected chi connectivity index (χ2v) is 8.37. The lowest BCUT2D eigenvalue weighted by Gasteiger charge is -2.55. The Balaban J connectivity index is 1.70. The van der Waals surface area contributed by atoms with Gasteiger partial charge in [-0.2, -0.15) is 0 Å². The van der Waals surface area contributed by atoms with Gasteiger partial charge in [-0.15, -0.1) is 0 Å². The predicted molar refractivity (Wildman–Crippen MR) is 84.1 cm³/mol. The van der Waals surface area contributed by atoms with Crippen molar-refractivity contribution in [2.24, 2.45) is 33.6 Å². The fourth-order valence-electron chi connectivity index (χ4n) is 6.22. The molecule has 4 aliphatic rings. The van der Waals surface area contributed by atoms with Gasteiger partial charge in [0.15, 0.2) is 0 Å². The lowest BCUT2D eigenvalue weighted by atomic mass is 9.50. The van der Waals surface area contributed by atoms with Crippen LogP contribution in [0.5, 0.6) is 0 Å². The Kier molecular flexibility index (Phi) is 3.01. The van der Waals surface area contributed by atoms with E-state index in [9.17, 15) is 0 Å². The molecule has 21 heavy (non-hydrogen) atoms. The maximum atomic E-state index is 9.15. The van der Waals surface area contributed by atoms with Crippen molar-refractivity contribution in [3.8, 4) is 0 Å². The van der Waals surface area contributed by atoms with Gasteiger partial charge in [-0.1, -0.05) is 26.3 Å². The van der Waals surface area contributed by atoms with Crippen LogP contribution >= 0.6 is 0 Å². The third-order valence-electron chi connectivity index (χ3n) is 7.47. The quantitative estimate of drug-likeness (QED) is 0.653. The Labute approximate surface area is 127 Å². The molecule has 116 valence electrons. The van der Waals surface area contributed by atoms with E-state index in [1.54, 1.807) is 0 Å². The zero-order valence-electron chi connectivity index (χ0n) is 13.4. The molecule has 0 unspecified atom stereocenters. The molecule has 3 aliphatic carbocycles. The summed E-state index contributed by atoms with van der Waals surface area (Å²) in [4.78, 5) is 4.70. The van der Waals surface area contributed by atoms with E-state index in [1.807, 2.05) is 0 Å². The summed E-state index contributed by atoms with van der Waals surface area (Å²) in [5, 5.41) is 9.15. The third kappa shape index (κ3) is 1.86. The van der Waals surface area contributed by atoms with Crippen LogP contribution in [0.4, 0.5) is 0 Å². The van der Waals surface area contributed by atoms with Crippen molar-refractivity contribution in [3.05, 3.63) is 11.8 Å². The van der Waals surface area contributed by atoms with Gasteiger partial charge < -0.3 is 0 Å². The van der Waals surface area contributed by atoms with E-state index in [2.05, 4.69) is 25.4 Å². The lowest BCUT2D eigenvalue weighted by Crippen LogP contribution is -2.48. The monoisotopic (exact) mass is 288 g/mol. The second kappa shape index (κ2) is 4.58. The first-order valence-corrected chi connectivity index (χ1v) is 8.75. The maximum Gasteiger partial charge on any atom is 0.125 e. The number of hydrogen-bond acceptors (Lipinski definition) is 3. The number of nitrogens with zero attached hydrogens (tertiary/aromatic N) is 1. The van der Waals surface area contributed by atoms with Crippen LogP contribution in [0.15, 0.2) is 16.8 Å². The normalized spacial score (nSPS) is 48.6. The van der Waals surface area contributed by atoms with E-state index >= 15 is 0 Å². The molecular formula is C18H28N2O. The van der Waals surface area contributed by atoms with E-state index in [-0.39, 0.29) is 5.41 Å². The summed E-state index contributed by atoms with van der Waals surface area (Å²) in [6.07, 6.45) is 12.7. The number of fused-ring (bicyclic) bond motifs is 5. The molecule has 0 aromatic carbocycles. The van der Waals surface area contributed by atoms with Gasteiger partial charge in [0.25, 0.3) is 0 Å². The van der Waals surface area contributed by atoms with Crippen LogP contribution in [0.2, 0.25) is 0 Å². The van der Waals surface area contributed by atoms with Crippen molar-refractivity contribution in [2.75, 3.05) is 0 Å². The first-order chi connectivity index (χ1) is 10.1. The lowest BCUT2D eigenvalue weighted by molar-refractivity contribution is -0.0201. The summed E-state index contributed by atoms with van der Waals surface area (Å²) >= 11 is 0. The molecule has 0 aromatic rings. The molecule has 4 rings (SSSR count). The van der Waals surface area contributed by atoms with Crippen molar-refractivity contribution in [1.82, 2.24) is 5.48 Å². The van der Waals surface area contributed by atoms with Gasteiger partial charge >= 0.3 is 0 Å². The number of aliphatic imine (C=N–C) groups is 1. The molecule has 1 heterocycles. The van der Waals surface area contributed by atoms with Crippen LogP contribution in [0, 0.1) is 28.6 Å². The molecule has 0 amide bonds. The highest BCUT2D eigenvalue weighted by Crippen LogP contribution is 2.64. The molecule has 0 radical (unpaired) electrons. The van der Waals surface area contributed by atoms with Crippen molar-refractivity contribution in [1.29, 1.82) is 0 Å². The molecule has 0 saturated heterocycles. The number of hydroxylamine groups is 1. The fraction of sp³-hybridized carbons (Fsp3) is 0.833. The van der Waals surface area contributed by atoms with Crippen LogP contribution in [0.3, 0.4) is 0 Å². The Morgan fingerprint density at radius 3 is 2.86 bits per heavy atom. The number of nitrogens with one attached hydrogen (secondary N) is 1. The zero-order chi connectivity index (χ0) is 14.7. The maximum absolute atomic E-state index is 9.15. The number of amidine groups is 1. The van der Waals surface area contributed by atoms with Crippen LogP contribution in [0.1, 0.15) is 65.2 Å². The van der Waals surface area contributed by atoms with Crippen LogP contribution in [-0.2, 0) is 0 Å². The van der Waals surface area contributed by atoms with E-state index in [4.69, 9.17) is 10.2 Å². The van der Waals surface area contributed by atoms with Crippen molar-refractivity contribution in [2.45, 2.75) is 65.2 Å². The van der Waals surface area contributed by atoms with E-state index in [1.165, 1.54) is 44.2 Å². The molecule has 5 atom stereocenters. The predicted octanol–water partition coefficient (Wildman–Crippen LogP) is 4.28. The molecule has 2 fully saturated rings. The molecule has 0 spiro atoms. The molecule has 0 aromatic heterocycles. The minimum absolute atomic E-state index is 0.243. The van der Waals surface area contributed by atoms with Gasteiger partial charge in [0, 0.05) is 17.5 Å². The number of allylic oxidation sites excluding steroid dienone is 2. The Bertz CT molecular complexity index is 511. The van der Waals surface area contributed by atoms with Crippen LogP contribution in [0.25, 0.3) is 0 Å². The van der Waals surface area contributed by atoms with Gasteiger partial charge in [0.05, 0.1) is 0 Å². The first-order valence-electron chi connectivity index (χ1n) is 8.75. The molecule has 2 saturated carbocycles. The highest BCUT2D eigenvalue weighted by molar-refractivity contribution is 5.83. The average Bonchev–Trinajstić information content (AvgIpc) is 2.88. The number of hydrogen-bond donors (Lipinski definition) is 2. The molecule has 1 aliphatic heterocycles. The SMILES string of the molecule is C[C@@]12CCC[C@H]1[C@@H]1CC=C3N=C(NO)CC[C@]3(C)[C@H]1CC2. The van der Waals surface area contributed by atoms with Gasteiger partial charge in [0.2, 0.25) is 0 Å². The highest BCUT2D eigenvalue weighted by atomic mass is 16.5. The van der Waals surface area contributed by atoms with E-state index in [0.717, 1.165) is 36.4 Å². The fourth-order valence-corrected chi connectivity index (χ4v) is 6.22. The molecule has 3 heteroatoms. The number of rotatable bonds is 0. The summed E-state index contributed by atoms with van der Waals surface area (Å²) in [6, 6.07) is 0. The minimum atomic E-state index is 0.243. The largest absolute Gasteiger partial charge is 0.290 e.